The Morgan fingerprint density at radius 3 is 2.70 bits per heavy atom. The summed E-state index contributed by atoms with van der Waals surface area (Å²) in [7, 11) is 0. The second-order valence-electron chi connectivity index (χ2n) is 6.65. The molecule has 4 rings (SSSR count). The maximum atomic E-state index is 13.1. The van der Waals surface area contributed by atoms with Crippen LogP contribution in [0.15, 0.2) is 36.8 Å². The van der Waals surface area contributed by atoms with Crippen molar-refractivity contribution in [2.75, 3.05) is 19.6 Å². The number of fused-ring (bicyclic) bond motifs is 1. The van der Waals surface area contributed by atoms with Crippen molar-refractivity contribution in [3.63, 3.8) is 0 Å². The Hall–Kier alpha value is -3.23. The number of aromatic amines is 1. The van der Waals surface area contributed by atoms with Crippen LogP contribution >= 0.6 is 0 Å². The number of imidazole rings is 1. The van der Waals surface area contributed by atoms with Crippen LogP contribution < -0.4 is 5.32 Å². The van der Waals surface area contributed by atoms with Gasteiger partial charge in [-0.1, -0.05) is 0 Å². The van der Waals surface area contributed by atoms with E-state index in [0.29, 0.717) is 18.5 Å². The van der Waals surface area contributed by atoms with Crippen LogP contribution in [0.3, 0.4) is 0 Å². The number of hydrogen-bond acceptors (Lipinski definition) is 4. The van der Waals surface area contributed by atoms with Gasteiger partial charge in [-0.05, 0) is 24.3 Å². The van der Waals surface area contributed by atoms with Crippen molar-refractivity contribution in [3.05, 3.63) is 53.9 Å². The number of aromatic nitrogens is 2. The Labute approximate surface area is 154 Å². The number of benzene rings is 1. The first-order valence-corrected chi connectivity index (χ1v) is 8.66. The number of carbonyl (C=O) groups is 3. The van der Waals surface area contributed by atoms with E-state index in [4.69, 9.17) is 0 Å². The van der Waals surface area contributed by atoms with Gasteiger partial charge in [-0.2, -0.15) is 0 Å². The topological polar surface area (TPSA) is 98.4 Å². The average Bonchev–Trinajstić information content (AvgIpc) is 3.19. The number of H-pyrrole nitrogens is 1. The van der Waals surface area contributed by atoms with E-state index in [0.717, 1.165) is 5.69 Å². The van der Waals surface area contributed by atoms with Gasteiger partial charge in [0.2, 0.25) is 11.8 Å². The molecule has 3 heterocycles. The fraction of sp³-hybridized carbons (Fsp3) is 0.333. The lowest BCUT2D eigenvalue weighted by atomic mass is 10.0. The normalized spacial score (nSPS) is 22.4. The van der Waals surface area contributed by atoms with E-state index in [1.54, 1.807) is 6.20 Å². The standard InChI is InChI=1S/C18H18FN5O3/c19-12-3-1-11(2-4-12)17(26)23-5-6-24-15(9-23)16(25)22-14(18(24)27)7-13-8-20-10-21-13/h1-4,8,10,14-15H,5-7,9H2,(H,20,21)(H,22,25)/t14-,15+/m0/s1. The Balaban J connectivity index is 1.46. The van der Waals surface area contributed by atoms with Crippen molar-refractivity contribution in [1.82, 2.24) is 25.1 Å². The lowest BCUT2D eigenvalue weighted by Crippen LogP contribution is -2.70. The lowest BCUT2D eigenvalue weighted by Gasteiger charge is -2.45. The molecule has 8 nitrogen and oxygen atoms in total. The Morgan fingerprint density at radius 1 is 1.22 bits per heavy atom. The van der Waals surface area contributed by atoms with Crippen molar-refractivity contribution in [3.8, 4) is 0 Å². The van der Waals surface area contributed by atoms with Gasteiger partial charge in [-0.25, -0.2) is 9.37 Å². The number of carbonyl (C=O) groups excluding carboxylic acids is 3. The predicted molar refractivity (Wildman–Crippen MR) is 92.0 cm³/mol. The molecule has 0 unspecified atom stereocenters. The monoisotopic (exact) mass is 371 g/mol. The molecule has 0 saturated carbocycles. The minimum absolute atomic E-state index is 0.116. The molecule has 2 fully saturated rings. The highest BCUT2D eigenvalue weighted by Crippen LogP contribution is 2.19. The van der Waals surface area contributed by atoms with Crippen LogP contribution in [-0.4, -0.2) is 69.2 Å². The molecule has 0 radical (unpaired) electrons. The summed E-state index contributed by atoms with van der Waals surface area (Å²) >= 11 is 0. The number of rotatable bonds is 3. The zero-order valence-electron chi connectivity index (χ0n) is 14.4. The SMILES string of the molecule is O=C1N[C@@H](Cc2cnc[nH]2)C(=O)N2CCN(C(=O)c3ccc(F)cc3)C[C@H]12. The number of nitrogens with one attached hydrogen (secondary N) is 2. The zero-order valence-corrected chi connectivity index (χ0v) is 14.4. The van der Waals surface area contributed by atoms with Crippen molar-refractivity contribution in [1.29, 1.82) is 0 Å². The van der Waals surface area contributed by atoms with E-state index in [1.807, 2.05) is 0 Å². The van der Waals surface area contributed by atoms with Crippen LogP contribution in [0, 0.1) is 5.82 Å². The van der Waals surface area contributed by atoms with E-state index in [2.05, 4.69) is 15.3 Å². The van der Waals surface area contributed by atoms with Gasteiger partial charge in [0.15, 0.2) is 0 Å². The Morgan fingerprint density at radius 2 is 2.00 bits per heavy atom. The van der Waals surface area contributed by atoms with Crippen LogP contribution in [0.25, 0.3) is 0 Å². The second-order valence-corrected chi connectivity index (χ2v) is 6.65. The third kappa shape index (κ3) is 3.27. The molecule has 2 atom stereocenters. The van der Waals surface area contributed by atoms with E-state index in [9.17, 15) is 18.8 Å². The van der Waals surface area contributed by atoms with Gasteiger partial charge in [-0.15, -0.1) is 0 Å². The molecule has 2 aliphatic rings. The smallest absolute Gasteiger partial charge is 0.254 e. The number of hydrogen-bond donors (Lipinski definition) is 2. The Bertz CT molecular complexity index is 868. The molecule has 2 aromatic rings. The van der Waals surface area contributed by atoms with Crippen LogP contribution in [0.5, 0.6) is 0 Å². The highest BCUT2D eigenvalue weighted by Gasteiger charge is 2.44. The van der Waals surface area contributed by atoms with Gasteiger partial charge in [-0.3, -0.25) is 14.4 Å². The molecule has 1 aromatic carbocycles. The van der Waals surface area contributed by atoms with E-state index >= 15 is 0 Å². The Kier molecular flexibility index (Phi) is 4.35. The van der Waals surface area contributed by atoms with Gasteiger partial charge in [0, 0.05) is 37.0 Å². The molecule has 1 aromatic heterocycles. The van der Waals surface area contributed by atoms with Crippen LogP contribution in [0.1, 0.15) is 16.1 Å². The molecule has 140 valence electrons. The zero-order chi connectivity index (χ0) is 19.0. The second kappa shape index (κ2) is 6.82. The van der Waals surface area contributed by atoms with Crippen molar-refractivity contribution in [2.45, 2.75) is 18.5 Å². The third-order valence-corrected chi connectivity index (χ3v) is 4.94. The average molecular weight is 371 g/mol. The minimum atomic E-state index is -0.714. The van der Waals surface area contributed by atoms with Crippen molar-refractivity contribution >= 4 is 17.7 Å². The first kappa shape index (κ1) is 17.2. The predicted octanol–water partition coefficient (Wildman–Crippen LogP) is -0.0571. The quantitative estimate of drug-likeness (QED) is 0.790. The molecule has 0 spiro atoms. The fourth-order valence-corrected chi connectivity index (χ4v) is 3.52. The maximum absolute atomic E-state index is 13.1. The summed E-state index contributed by atoms with van der Waals surface area (Å²) in [5.74, 6) is -1.15. The first-order valence-electron chi connectivity index (χ1n) is 8.66. The fourth-order valence-electron chi connectivity index (χ4n) is 3.52. The summed E-state index contributed by atoms with van der Waals surface area (Å²) in [5.41, 5.74) is 1.11. The molecule has 2 saturated heterocycles. The van der Waals surface area contributed by atoms with Gasteiger partial charge in [0.05, 0.1) is 12.9 Å². The van der Waals surface area contributed by atoms with Gasteiger partial charge >= 0.3 is 0 Å². The summed E-state index contributed by atoms with van der Waals surface area (Å²) in [6.07, 6.45) is 3.48. The lowest BCUT2D eigenvalue weighted by molar-refractivity contribution is -0.152. The minimum Gasteiger partial charge on any atom is -0.348 e. The highest BCUT2D eigenvalue weighted by atomic mass is 19.1. The number of nitrogens with zero attached hydrogens (tertiary/aromatic N) is 3. The number of amides is 3. The van der Waals surface area contributed by atoms with E-state index in [-0.39, 0.29) is 30.8 Å². The first-order chi connectivity index (χ1) is 13.0. The van der Waals surface area contributed by atoms with Gasteiger partial charge < -0.3 is 20.1 Å². The molecular formula is C18H18FN5O3. The van der Waals surface area contributed by atoms with Crippen LogP contribution in [0.4, 0.5) is 4.39 Å². The number of halogens is 1. The van der Waals surface area contributed by atoms with Crippen LogP contribution in [0.2, 0.25) is 0 Å². The summed E-state index contributed by atoms with van der Waals surface area (Å²) < 4.78 is 13.1. The highest BCUT2D eigenvalue weighted by molar-refractivity contribution is 5.99. The van der Waals surface area contributed by atoms with Gasteiger partial charge in [0.25, 0.3) is 5.91 Å². The molecule has 9 heteroatoms. The van der Waals surface area contributed by atoms with Crippen LogP contribution in [-0.2, 0) is 16.0 Å². The van der Waals surface area contributed by atoms with E-state index < -0.39 is 17.9 Å². The molecular weight excluding hydrogens is 353 g/mol. The summed E-state index contributed by atoms with van der Waals surface area (Å²) in [5, 5.41) is 2.74. The molecule has 2 aliphatic heterocycles. The van der Waals surface area contributed by atoms with Gasteiger partial charge in [0.1, 0.15) is 17.9 Å². The molecule has 27 heavy (non-hydrogen) atoms. The van der Waals surface area contributed by atoms with Crippen molar-refractivity contribution in [2.24, 2.45) is 0 Å². The van der Waals surface area contributed by atoms with E-state index in [1.165, 1.54) is 40.4 Å². The van der Waals surface area contributed by atoms with Crippen molar-refractivity contribution < 1.29 is 18.8 Å². The maximum Gasteiger partial charge on any atom is 0.254 e. The largest absolute Gasteiger partial charge is 0.348 e. The summed E-state index contributed by atoms with van der Waals surface area (Å²) in [6, 6.07) is 3.91. The summed E-state index contributed by atoms with van der Waals surface area (Å²) in [6.45, 7) is 0.719. The molecule has 0 bridgehead atoms. The molecule has 0 aliphatic carbocycles. The third-order valence-electron chi connectivity index (χ3n) is 4.94. The molecule has 3 amide bonds. The number of piperazine rings is 2. The summed E-state index contributed by atoms with van der Waals surface area (Å²) in [4.78, 5) is 47.8. The molecule has 2 N–H and O–H groups in total.